The molecule has 2 aromatic carbocycles. The number of phenolic OH excluding ortho intramolecular Hbond substituents is 4. The lowest BCUT2D eigenvalue weighted by Gasteiger charge is -2.31. The second kappa shape index (κ2) is 4.75. The van der Waals surface area contributed by atoms with Gasteiger partial charge in [0.05, 0.1) is 12.7 Å². The van der Waals surface area contributed by atoms with Gasteiger partial charge in [0.2, 0.25) is 11.5 Å². The van der Waals surface area contributed by atoms with Gasteiger partial charge >= 0.3 is 0 Å². The predicted molar refractivity (Wildman–Crippen MR) is 72.7 cm³/mol. The Bertz CT molecular complexity index is 680. The van der Waals surface area contributed by atoms with E-state index in [0.29, 0.717) is 0 Å². The zero-order valence-electron chi connectivity index (χ0n) is 10.9. The molecule has 0 radical (unpaired) electrons. The highest BCUT2D eigenvalue weighted by Gasteiger charge is 2.34. The Balaban J connectivity index is 2.03. The number of aliphatic hydroxyl groups is 1. The van der Waals surface area contributed by atoms with Crippen LogP contribution in [0.5, 0.6) is 28.7 Å². The van der Waals surface area contributed by atoms with Crippen molar-refractivity contribution in [2.45, 2.75) is 12.0 Å². The molecule has 0 saturated carbocycles. The SMILES string of the molecule is Oc1ccc(C2COc3c(cc(O)c(O)c3O)C2O)cc1. The minimum atomic E-state index is -1.02. The zero-order valence-corrected chi connectivity index (χ0v) is 10.9. The van der Waals surface area contributed by atoms with Crippen LogP contribution in [0.4, 0.5) is 0 Å². The maximum Gasteiger partial charge on any atom is 0.204 e. The number of rotatable bonds is 1. The number of hydrogen-bond acceptors (Lipinski definition) is 6. The average molecular weight is 290 g/mol. The largest absolute Gasteiger partial charge is 0.508 e. The fraction of sp³-hybridized carbons (Fsp3) is 0.200. The smallest absolute Gasteiger partial charge is 0.204 e. The van der Waals surface area contributed by atoms with Crippen molar-refractivity contribution in [2.75, 3.05) is 6.61 Å². The Kier molecular flexibility index (Phi) is 3.03. The van der Waals surface area contributed by atoms with Crippen LogP contribution in [0.3, 0.4) is 0 Å². The highest BCUT2D eigenvalue weighted by molar-refractivity contribution is 5.62. The molecule has 2 atom stereocenters. The fourth-order valence-electron chi connectivity index (χ4n) is 2.50. The second-order valence-corrected chi connectivity index (χ2v) is 4.97. The van der Waals surface area contributed by atoms with Crippen LogP contribution in [0.2, 0.25) is 0 Å². The van der Waals surface area contributed by atoms with E-state index in [1.54, 1.807) is 12.1 Å². The number of aromatic hydroxyl groups is 4. The minimum absolute atomic E-state index is 0.0344. The van der Waals surface area contributed by atoms with Gasteiger partial charge < -0.3 is 30.3 Å². The molecule has 0 bridgehead atoms. The summed E-state index contributed by atoms with van der Waals surface area (Å²) < 4.78 is 5.41. The molecule has 0 spiro atoms. The van der Waals surface area contributed by atoms with Crippen molar-refractivity contribution >= 4 is 0 Å². The summed E-state index contributed by atoms with van der Waals surface area (Å²) in [5.74, 6) is -2.13. The number of benzene rings is 2. The van der Waals surface area contributed by atoms with E-state index in [1.807, 2.05) is 0 Å². The molecular weight excluding hydrogens is 276 g/mol. The van der Waals surface area contributed by atoms with Gasteiger partial charge in [-0.25, -0.2) is 0 Å². The van der Waals surface area contributed by atoms with Gasteiger partial charge in [-0.05, 0) is 23.8 Å². The molecule has 0 amide bonds. The Labute approximate surface area is 120 Å². The maximum atomic E-state index is 10.4. The molecule has 21 heavy (non-hydrogen) atoms. The van der Waals surface area contributed by atoms with Crippen molar-refractivity contribution in [1.82, 2.24) is 0 Å². The summed E-state index contributed by atoms with van der Waals surface area (Å²) in [6.45, 7) is 0.0940. The molecule has 0 aromatic heterocycles. The van der Waals surface area contributed by atoms with Gasteiger partial charge in [-0.3, -0.25) is 0 Å². The summed E-state index contributed by atoms with van der Waals surface area (Å²) in [7, 11) is 0. The first-order valence-corrected chi connectivity index (χ1v) is 6.36. The molecule has 0 saturated heterocycles. The quantitative estimate of drug-likeness (QED) is 0.511. The number of phenols is 4. The highest BCUT2D eigenvalue weighted by Crippen LogP contribution is 2.51. The summed E-state index contributed by atoms with van der Waals surface area (Å²) in [5.41, 5.74) is 0.949. The Morgan fingerprint density at radius 1 is 0.952 bits per heavy atom. The number of fused-ring (bicyclic) bond motifs is 1. The van der Waals surface area contributed by atoms with E-state index < -0.39 is 29.3 Å². The van der Waals surface area contributed by atoms with Crippen LogP contribution in [0.25, 0.3) is 0 Å². The lowest BCUT2D eigenvalue weighted by molar-refractivity contribution is 0.0859. The van der Waals surface area contributed by atoms with Gasteiger partial charge in [0.25, 0.3) is 0 Å². The van der Waals surface area contributed by atoms with Crippen LogP contribution in [0.1, 0.15) is 23.1 Å². The van der Waals surface area contributed by atoms with Gasteiger partial charge in [0.1, 0.15) is 5.75 Å². The van der Waals surface area contributed by atoms with Gasteiger partial charge in [0.15, 0.2) is 11.5 Å². The van der Waals surface area contributed by atoms with E-state index in [2.05, 4.69) is 0 Å². The molecule has 0 fully saturated rings. The van der Waals surface area contributed by atoms with Crippen molar-refractivity contribution in [2.24, 2.45) is 0 Å². The first-order chi connectivity index (χ1) is 9.99. The minimum Gasteiger partial charge on any atom is -0.508 e. The van der Waals surface area contributed by atoms with Crippen LogP contribution in [-0.4, -0.2) is 32.1 Å². The first kappa shape index (κ1) is 13.4. The maximum absolute atomic E-state index is 10.4. The Morgan fingerprint density at radius 2 is 1.62 bits per heavy atom. The number of aliphatic hydroxyl groups excluding tert-OH is 1. The third-order valence-electron chi connectivity index (χ3n) is 3.66. The topological polar surface area (TPSA) is 110 Å². The summed E-state index contributed by atoms with van der Waals surface area (Å²) in [6, 6.07) is 7.50. The average Bonchev–Trinajstić information content (AvgIpc) is 2.47. The van der Waals surface area contributed by atoms with Crippen molar-refractivity contribution in [3.63, 3.8) is 0 Å². The van der Waals surface area contributed by atoms with Gasteiger partial charge in [-0.1, -0.05) is 12.1 Å². The molecule has 1 aliphatic heterocycles. The van der Waals surface area contributed by atoms with E-state index in [1.165, 1.54) is 18.2 Å². The third kappa shape index (κ3) is 2.09. The van der Waals surface area contributed by atoms with Crippen LogP contribution in [0.15, 0.2) is 30.3 Å². The predicted octanol–water partition coefficient (Wildman–Crippen LogP) is 1.72. The van der Waals surface area contributed by atoms with Crippen LogP contribution in [0, 0.1) is 0 Å². The third-order valence-corrected chi connectivity index (χ3v) is 3.66. The standard InChI is InChI=1S/C15H14O6/c16-8-3-1-7(2-4-8)10-6-21-15-9(12(10)18)5-11(17)13(19)14(15)20/h1-5,10,12,16-20H,6H2. The normalized spacial score (nSPS) is 20.6. The molecule has 6 nitrogen and oxygen atoms in total. The molecule has 6 heteroatoms. The summed E-state index contributed by atoms with van der Waals surface area (Å²) in [6.07, 6.45) is -1.02. The van der Waals surface area contributed by atoms with Gasteiger partial charge in [-0.15, -0.1) is 0 Å². The van der Waals surface area contributed by atoms with Gasteiger partial charge in [0, 0.05) is 11.5 Å². The molecule has 5 N–H and O–H groups in total. The van der Waals surface area contributed by atoms with Crippen molar-refractivity contribution < 1.29 is 30.3 Å². The van der Waals surface area contributed by atoms with Crippen molar-refractivity contribution in [1.29, 1.82) is 0 Å². The molecule has 2 unspecified atom stereocenters. The van der Waals surface area contributed by atoms with Gasteiger partial charge in [-0.2, -0.15) is 0 Å². The Hall–Kier alpha value is -2.60. The van der Waals surface area contributed by atoms with E-state index in [-0.39, 0.29) is 23.7 Å². The zero-order chi connectivity index (χ0) is 15.1. The lowest BCUT2D eigenvalue weighted by atomic mass is 9.87. The van der Waals surface area contributed by atoms with Crippen molar-refractivity contribution in [3.8, 4) is 28.7 Å². The monoisotopic (exact) mass is 290 g/mol. The molecular formula is C15H14O6. The first-order valence-electron chi connectivity index (χ1n) is 6.36. The van der Waals surface area contributed by atoms with Crippen LogP contribution >= 0.6 is 0 Å². The van der Waals surface area contributed by atoms with Crippen molar-refractivity contribution in [3.05, 3.63) is 41.5 Å². The number of hydrogen-bond donors (Lipinski definition) is 5. The van der Waals surface area contributed by atoms with Crippen LogP contribution in [-0.2, 0) is 0 Å². The molecule has 2 aromatic rings. The number of ether oxygens (including phenoxy) is 1. The molecule has 3 rings (SSSR count). The summed E-state index contributed by atoms with van der Waals surface area (Å²) >= 11 is 0. The van der Waals surface area contributed by atoms with E-state index >= 15 is 0 Å². The van der Waals surface area contributed by atoms with E-state index in [9.17, 15) is 25.5 Å². The Morgan fingerprint density at radius 3 is 2.29 bits per heavy atom. The van der Waals surface area contributed by atoms with E-state index in [0.717, 1.165) is 5.56 Å². The molecule has 1 heterocycles. The lowest BCUT2D eigenvalue weighted by Crippen LogP contribution is -2.24. The van der Waals surface area contributed by atoms with Crippen LogP contribution < -0.4 is 4.74 Å². The summed E-state index contributed by atoms with van der Waals surface area (Å²) in [4.78, 5) is 0. The van der Waals surface area contributed by atoms with E-state index in [4.69, 9.17) is 4.74 Å². The molecule has 1 aliphatic rings. The summed E-state index contributed by atoms with van der Waals surface area (Å²) in [5, 5.41) is 48.5. The fourth-order valence-corrected chi connectivity index (χ4v) is 2.50. The second-order valence-electron chi connectivity index (χ2n) is 4.97. The molecule has 110 valence electrons. The molecule has 0 aliphatic carbocycles. The highest BCUT2D eigenvalue weighted by atomic mass is 16.5.